The Morgan fingerprint density at radius 1 is 0.810 bits per heavy atom. The largest absolute Gasteiger partial charge is 0.478 e. The van der Waals surface area contributed by atoms with Gasteiger partial charge in [0.15, 0.2) is 0 Å². The zero-order valence-electron chi connectivity index (χ0n) is 23.3. The second-order valence-electron chi connectivity index (χ2n) is 9.28. The summed E-state index contributed by atoms with van der Waals surface area (Å²) in [6.45, 7) is 7.54. The summed E-state index contributed by atoms with van der Waals surface area (Å²) in [6, 6.07) is 16.4. The molecular formula is C30H36N2O9S. The highest BCUT2D eigenvalue weighted by Gasteiger charge is 2.29. The minimum Gasteiger partial charge on any atom is -0.478 e. The molecule has 4 rings (SSSR count). The topological polar surface area (TPSA) is 176 Å². The summed E-state index contributed by atoms with van der Waals surface area (Å²) in [6.07, 6.45) is 4.40. The summed E-state index contributed by atoms with van der Waals surface area (Å²) in [5.74, 6) is -5.03. The Bertz CT molecular complexity index is 1220. The Hall–Kier alpha value is -3.97. The fourth-order valence-electron chi connectivity index (χ4n) is 4.42. The van der Waals surface area contributed by atoms with E-state index in [0.717, 1.165) is 45.6 Å². The van der Waals surface area contributed by atoms with Gasteiger partial charge in [0.25, 0.3) is 0 Å². The van der Waals surface area contributed by atoms with E-state index in [9.17, 15) is 24.3 Å². The monoisotopic (exact) mass is 600 g/mol. The summed E-state index contributed by atoms with van der Waals surface area (Å²) in [7, 11) is 0. The molecule has 2 aliphatic rings. The Labute approximate surface area is 248 Å². The van der Waals surface area contributed by atoms with Gasteiger partial charge in [-0.1, -0.05) is 49.0 Å². The maximum Gasteiger partial charge on any atom is 0.328 e. The number of hydrogen-bond acceptors (Lipinski definition) is 8. The van der Waals surface area contributed by atoms with Gasteiger partial charge in [0.2, 0.25) is 0 Å². The number of aliphatic hydroxyl groups excluding tert-OH is 1. The Balaban J connectivity index is 0.000000319. The molecule has 2 aromatic carbocycles. The number of aliphatic carboxylic acids is 4. The van der Waals surface area contributed by atoms with Gasteiger partial charge in [-0.3, -0.25) is 9.80 Å². The van der Waals surface area contributed by atoms with Crippen molar-refractivity contribution in [1.82, 2.24) is 9.80 Å². The number of carboxylic acids is 4. The van der Waals surface area contributed by atoms with Gasteiger partial charge >= 0.3 is 23.9 Å². The van der Waals surface area contributed by atoms with E-state index in [1.165, 1.54) is 26.5 Å². The van der Waals surface area contributed by atoms with Crippen molar-refractivity contribution in [3.05, 3.63) is 83.5 Å². The summed E-state index contributed by atoms with van der Waals surface area (Å²) in [5.41, 5.74) is 4.37. The third kappa shape index (κ3) is 11.9. The molecule has 0 radical (unpaired) electrons. The highest BCUT2D eigenvalue weighted by Crippen LogP contribution is 2.43. The number of β-amino-alcohol motifs (C(OH)–C–C–N with tert-alkyl or cyclic N) is 1. The van der Waals surface area contributed by atoms with Crippen LogP contribution in [0.25, 0.3) is 0 Å². The molecule has 12 heteroatoms. The van der Waals surface area contributed by atoms with Crippen molar-refractivity contribution in [2.24, 2.45) is 0 Å². The lowest BCUT2D eigenvalue weighted by Crippen LogP contribution is -2.48. The predicted molar refractivity (Wildman–Crippen MR) is 157 cm³/mol. The molecular weight excluding hydrogens is 564 g/mol. The highest BCUT2D eigenvalue weighted by atomic mass is 32.2. The van der Waals surface area contributed by atoms with Gasteiger partial charge in [-0.15, -0.1) is 0 Å². The molecule has 1 atom stereocenters. The van der Waals surface area contributed by atoms with Crippen molar-refractivity contribution in [2.45, 2.75) is 35.6 Å². The maximum atomic E-state index is 9.55. The van der Waals surface area contributed by atoms with Crippen LogP contribution in [0.4, 0.5) is 0 Å². The van der Waals surface area contributed by atoms with Gasteiger partial charge < -0.3 is 25.5 Å². The number of carbonyl (C=O) groups is 4. The number of carboxylic acid groups (broad SMARTS) is 4. The normalized spacial score (nSPS) is 16.7. The number of rotatable bonds is 8. The summed E-state index contributed by atoms with van der Waals surface area (Å²) in [5, 5.41) is 40.4. The number of aliphatic hydroxyl groups is 1. The Kier molecular flexibility index (Phi) is 14.5. The number of aryl methyl sites for hydroxylation is 1. The lowest BCUT2D eigenvalue weighted by molar-refractivity contribution is -0.134. The lowest BCUT2D eigenvalue weighted by Gasteiger charge is -2.39. The minimum atomic E-state index is -1.26. The Morgan fingerprint density at radius 3 is 1.86 bits per heavy atom. The summed E-state index contributed by atoms with van der Waals surface area (Å²) < 4.78 is 0. The van der Waals surface area contributed by atoms with E-state index < -0.39 is 23.9 Å². The molecule has 0 aromatic heterocycles. The van der Waals surface area contributed by atoms with Crippen molar-refractivity contribution in [2.75, 3.05) is 39.3 Å². The van der Waals surface area contributed by atoms with Crippen LogP contribution in [0.15, 0.2) is 76.6 Å². The van der Waals surface area contributed by atoms with E-state index in [2.05, 4.69) is 59.2 Å². The van der Waals surface area contributed by atoms with Crippen LogP contribution in [0.1, 0.15) is 29.7 Å². The second kappa shape index (κ2) is 17.8. The van der Waals surface area contributed by atoms with Crippen molar-refractivity contribution < 1.29 is 44.7 Å². The number of benzene rings is 2. The second-order valence-corrected chi connectivity index (χ2v) is 10.4. The first kappa shape index (κ1) is 34.2. The summed E-state index contributed by atoms with van der Waals surface area (Å²) >= 11 is 1.94. The first-order valence-corrected chi connectivity index (χ1v) is 14.1. The van der Waals surface area contributed by atoms with Crippen LogP contribution in [-0.4, -0.2) is 98.5 Å². The highest BCUT2D eigenvalue weighted by molar-refractivity contribution is 7.99. The van der Waals surface area contributed by atoms with Crippen LogP contribution in [0.3, 0.4) is 0 Å². The van der Waals surface area contributed by atoms with Crippen molar-refractivity contribution in [3.8, 4) is 0 Å². The average Bonchev–Trinajstić information content (AvgIpc) is 3.12. The fraction of sp³-hybridized carbons (Fsp3) is 0.333. The van der Waals surface area contributed by atoms with E-state index >= 15 is 0 Å². The molecule has 1 unspecified atom stereocenters. The van der Waals surface area contributed by atoms with Crippen LogP contribution in [-0.2, 0) is 32.0 Å². The minimum absolute atomic E-state index is 0.260. The number of fused-ring (bicyclic) bond motifs is 2. The van der Waals surface area contributed by atoms with Crippen molar-refractivity contribution >= 4 is 35.6 Å². The van der Waals surface area contributed by atoms with Crippen LogP contribution in [0.2, 0.25) is 0 Å². The van der Waals surface area contributed by atoms with Gasteiger partial charge in [-0.2, -0.15) is 0 Å². The van der Waals surface area contributed by atoms with E-state index in [1.54, 1.807) is 0 Å². The van der Waals surface area contributed by atoms with Crippen LogP contribution in [0, 0.1) is 0 Å². The molecule has 0 amide bonds. The molecule has 11 nitrogen and oxygen atoms in total. The van der Waals surface area contributed by atoms with Gasteiger partial charge in [-0.05, 0) is 41.7 Å². The molecule has 0 aliphatic carbocycles. The van der Waals surface area contributed by atoms with E-state index in [4.69, 9.17) is 20.4 Å². The van der Waals surface area contributed by atoms with Crippen molar-refractivity contribution in [3.63, 3.8) is 0 Å². The molecule has 1 fully saturated rings. The Morgan fingerprint density at radius 2 is 1.36 bits per heavy atom. The van der Waals surface area contributed by atoms with Crippen LogP contribution in [0.5, 0.6) is 0 Å². The number of piperazine rings is 1. The first-order valence-electron chi connectivity index (χ1n) is 13.3. The summed E-state index contributed by atoms with van der Waals surface area (Å²) in [4.78, 5) is 46.1. The number of hydrogen-bond donors (Lipinski definition) is 5. The van der Waals surface area contributed by atoms with Gasteiger partial charge in [0.05, 0.1) is 6.61 Å². The van der Waals surface area contributed by atoms with E-state index in [0.29, 0.717) is 30.3 Å². The predicted octanol–water partition coefficient (Wildman–Crippen LogP) is 3.03. The van der Waals surface area contributed by atoms with Crippen molar-refractivity contribution in [1.29, 1.82) is 0 Å². The van der Waals surface area contributed by atoms with E-state index in [1.807, 2.05) is 11.8 Å². The third-order valence-electron chi connectivity index (χ3n) is 6.45. The standard InChI is InChI=1S/C22H28N2OS.2C4H4O4/c1-2-17-7-8-19-20(24-11-9-23(10-12-24)13-14-25)16-18-5-3-4-6-21(18)26-22(19)15-17;2*5-3(6)1-2-4(7)8/h3-8,15,20,25H,2,9-14,16H2,1H3;2*1-2H,(H,5,6)(H,7,8). The van der Waals surface area contributed by atoms with E-state index in [-0.39, 0.29) is 6.61 Å². The van der Waals surface area contributed by atoms with Gasteiger partial charge in [0.1, 0.15) is 0 Å². The smallest absolute Gasteiger partial charge is 0.328 e. The molecule has 0 bridgehead atoms. The molecule has 0 saturated carbocycles. The van der Waals surface area contributed by atoms with Gasteiger partial charge in [0, 0.05) is 72.9 Å². The molecule has 2 aliphatic heterocycles. The molecule has 226 valence electrons. The molecule has 1 saturated heterocycles. The lowest BCUT2D eigenvalue weighted by atomic mass is 9.95. The number of nitrogens with zero attached hydrogens (tertiary/aromatic N) is 2. The molecule has 5 N–H and O–H groups in total. The first-order chi connectivity index (χ1) is 20.0. The SMILES string of the molecule is CCc1ccc2c(c1)Sc1ccccc1CC2N1CCN(CCO)CC1.O=C(O)C=CC(=O)O.O=C(O)C=CC(=O)O. The van der Waals surface area contributed by atoms with Crippen LogP contribution < -0.4 is 0 Å². The van der Waals surface area contributed by atoms with Crippen LogP contribution >= 0.6 is 11.8 Å². The maximum absolute atomic E-state index is 9.55. The quantitative estimate of drug-likeness (QED) is 0.281. The average molecular weight is 601 g/mol. The zero-order chi connectivity index (χ0) is 31.1. The molecule has 2 heterocycles. The molecule has 0 spiro atoms. The third-order valence-corrected chi connectivity index (χ3v) is 7.64. The van der Waals surface area contributed by atoms with Gasteiger partial charge in [-0.25, -0.2) is 19.2 Å². The fourth-order valence-corrected chi connectivity index (χ4v) is 5.62. The molecule has 2 aromatic rings. The molecule has 42 heavy (non-hydrogen) atoms. The zero-order valence-corrected chi connectivity index (χ0v) is 24.1.